The Hall–Kier alpha value is -3.30. The summed E-state index contributed by atoms with van der Waals surface area (Å²) >= 11 is 0. The quantitative estimate of drug-likeness (QED) is 0.539. The lowest BCUT2D eigenvalue weighted by Gasteiger charge is -2.22. The van der Waals surface area contributed by atoms with Gasteiger partial charge in [0.15, 0.2) is 0 Å². The molecule has 8 nitrogen and oxygen atoms in total. The molecule has 0 saturated heterocycles. The molecule has 2 aromatic carbocycles. The second kappa shape index (κ2) is 9.67. The van der Waals surface area contributed by atoms with Gasteiger partial charge in [-0.05, 0) is 42.8 Å². The fourth-order valence-corrected chi connectivity index (χ4v) is 4.86. The number of hydrogen-bond acceptors (Lipinski definition) is 6. The Morgan fingerprint density at radius 1 is 1.10 bits per heavy atom. The van der Waals surface area contributed by atoms with Crippen LogP contribution in [0.5, 0.6) is 0 Å². The van der Waals surface area contributed by atoms with Crippen LogP contribution in [-0.2, 0) is 19.6 Å². The summed E-state index contributed by atoms with van der Waals surface area (Å²) < 4.78 is 32.5. The first-order chi connectivity index (χ1) is 14.9. The van der Waals surface area contributed by atoms with Gasteiger partial charge in [0.1, 0.15) is 0 Å². The van der Waals surface area contributed by atoms with E-state index in [1.807, 2.05) is 6.92 Å². The number of esters is 1. The molecule has 0 aliphatic heterocycles. The number of nitrogens with one attached hydrogen (secondary N) is 1. The third-order valence-corrected chi connectivity index (χ3v) is 6.54. The van der Waals surface area contributed by atoms with Crippen LogP contribution in [0.4, 0.5) is 5.69 Å². The molecule has 0 aliphatic carbocycles. The number of fused-ring (bicyclic) bond motifs is 1. The molecule has 0 radical (unpaired) electrons. The Morgan fingerprint density at radius 3 is 2.52 bits per heavy atom. The Kier molecular flexibility index (Phi) is 6.98. The predicted octanol–water partition coefficient (Wildman–Crippen LogP) is 3.06. The van der Waals surface area contributed by atoms with Gasteiger partial charge >= 0.3 is 5.97 Å². The van der Waals surface area contributed by atoms with Gasteiger partial charge in [0.2, 0.25) is 15.9 Å². The highest BCUT2D eigenvalue weighted by atomic mass is 32.2. The molecular formula is C22H23N3O5S. The number of carbonyl (C=O) groups is 2. The van der Waals surface area contributed by atoms with E-state index in [1.165, 1.54) is 35.8 Å². The van der Waals surface area contributed by atoms with Crippen LogP contribution >= 0.6 is 0 Å². The van der Waals surface area contributed by atoms with Gasteiger partial charge < -0.3 is 10.1 Å². The van der Waals surface area contributed by atoms with Crippen molar-refractivity contribution in [2.24, 2.45) is 0 Å². The van der Waals surface area contributed by atoms with Gasteiger partial charge in [0.25, 0.3) is 0 Å². The number of sulfonamides is 1. The number of amides is 1. The average molecular weight is 442 g/mol. The summed E-state index contributed by atoms with van der Waals surface area (Å²) in [6.07, 6.45) is 3.69. The van der Waals surface area contributed by atoms with Crippen LogP contribution < -0.4 is 5.32 Å². The second-order valence-electron chi connectivity index (χ2n) is 6.81. The third kappa shape index (κ3) is 5.07. The van der Waals surface area contributed by atoms with Crippen LogP contribution in [0.1, 0.15) is 23.7 Å². The van der Waals surface area contributed by atoms with E-state index >= 15 is 0 Å². The van der Waals surface area contributed by atoms with Crippen molar-refractivity contribution in [1.82, 2.24) is 9.29 Å². The Morgan fingerprint density at radius 2 is 1.84 bits per heavy atom. The van der Waals surface area contributed by atoms with Crippen molar-refractivity contribution in [3.8, 4) is 0 Å². The summed E-state index contributed by atoms with van der Waals surface area (Å²) in [5.74, 6) is -0.965. The van der Waals surface area contributed by atoms with Gasteiger partial charge in [0, 0.05) is 35.4 Å². The number of methoxy groups -OCH3 is 1. The fraction of sp³-hybridized carbons (Fsp3) is 0.227. The molecule has 1 N–H and O–H groups in total. The standard InChI is InChI=1S/C22H23N3O5S/c1-3-13-25(15-21(26)24-18-9-7-16(8-10-18)22(27)30-2)31(28,29)20-6-4-5-17-14-23-12-11-19(17)20/h4-12,14H,3,13,15H2,1-2H3,(H,24,26). The van der Waals surface area contributed by atoms with Gasteiger partial charge in [-0.15, -0.1) is 0 Å². The van der Waals surface area contributed by atoms with Crippen molar-refractivity contribution in [2.75, 3.05) is 25.5 Å². The highest BCUT2D eigenvalue weighted by Crippen LogP contribution is 2.25. The topological polar surface area (TPSA) is 106 Å². The molecular weight excluding hydrogens is 418 g/mol. The highest BCUT2D eigenvalue weighted by molar-refractivity contribution is 7.89. The van der Waals surface area contributed by atoms with Crippen molar-refractivity contribution < 1.29 is 22.7 Å². The lowest BCUT2D eigenvalue weighted by Crippen LogP contribution is -2.38. The lowest BCUT2D eigenvalue weighted by molar-refractivity contribution is -0.116. The van der Waals surface area contributed by atoms with E-state index < -0.39 is 21.9 Å². The van der Waals surface area contributed by atoms with Gasteiger partial charge in [-0.25, -0.2) is 13.2 Å². The van der Waals surface area contributed by atoms with Gasteiger partial charge in [0.05, 0.1) is 24.1 Å². The number of anilines is 1. The van der Waals surface area contributed by atoms with Crippen LogP contribution in [0, 0.1) is 0 Å². The van der Waals surface area contributed by atoms with Crippen molar-refractivity contribution in [1.29, 1.82) is 0 Å². The maximum Gasteiger partial charge on any atom is 0.337 e. The van der Waals surface area contributed by atoms with Crippen LogP contribution in [0.15, 0.2) is 65.8 Å². The first kappa shape index (κ1) is 22.4. The summed E-state index contributed by atoms with van der Waals surface area (Å²) in [6, 6.07) is 12.8. The van der Waals surface area contributed by atoms with Crippen LogP contribution in [-0.4, -0.2) is 49.8 Å². The molecule has 0 atom stereocenters. The summed E-state index contributed by atoms with van der Waals surface area (Å²) in [6.45, 7) is 1.70. The van der Waals surface area contributed by atoms with Crippen LogP contribution in [0.25, 0.3) is 10.8 Å². The second-order valence-corrected chi connectivity index (χ2v) is 8.72. The fourth-order valence-electron chi connectivity index (χ4n) is 3.16. The molecule has 0 fully saturated rings. The van der Waals surface area contributed by atoms with E-state index in [1.54, 1.807) is 36.5 Å². The molecule has 1 aromatic heterocycles. The molecule has 0 bridgehead atoms. The molecule has 3 rings (SSSR count). The normalized spacial score (nSPS) is 11.5. The first-order valence-electron chi connectivity index (χ1n) is 9.68. The van der Waals surface area contributed by atoms with Crippen molar-refractivity contribution in [3.05, 3.63) is 66.5 Å². The maximum absolute atomic E-state index is 13.4. The largest absolute Gasteiger partial charge is 0.465 e. The lowest BCUT2D eigenvalue weighted by atomic mass is 10.2. The number of nitrogens with zero attached hydrogens (tertiary/aromatic N) is 2. The van der Waals surface area contributed by atoms with E-state index in [2.05, 4.69) is 15.0 Å². The Bertz CT molecular complexity index is 1190. The van der Waals surface area contributed by atoms with Gasteiger partial charge in [-0.2, -0.15) is 4.31 Å². The third-order valence-electron chi connectivity index (χ3n) is 4.64. The van der Waals surface area contributed by atoms with Crippen molar-refractivity contribution >= 4 is 38.4 Å². The maximum atomic E-state index is 13.4. The molecule has 1 amide bonds. The molecule has 0 unspecified atom stereocenters. The van der Waals surface area contributed by atoms with Crippen molar-refractivity contribution in [3.63, 3.8) is 0 Å². The first-order valence-corrected chi connectivity index (χ1v) is 11.1. The number of pyridine rings is 1. The number of hydrogen-bond donors (Lipinski definition) is 1. The molecule has 162 valence electrons. The van der Waals surface area contributed by atoms with E-state index in [9.17, 15) is 18.0 Å². The van der Waals surface area contributed by atoms with Gasteiger partial charge in [-0.1, -0.05) is 19.1 Å². The molecule has 0 spiro atoms. The summed E-state index contributed by atoms with van der Waals surface area (Å²) in [5.41, 5.74) is 0.795. The van der Waals surface area contributed by atoms with Crippen LogP contribution in [0.3, 0.4) is 0 Å². The minimum absolute atomic E-state index is 0.135. The number of rotatable bonds is 8. The number of ether oxygens (including phenoxy) is 1. The smallest absolute Gasteiger partial charge is 0.337 e. The molecule has 0 aliphatic rings. The zero-order valence-electron chi connectivity index (χ0n) is 17.2. The number of benzene rings is 2. The number of aromatic nitrogens is 1. The molecule has 9 heteroatoms. The zero-order chi connectivity index (χ0) is 22.4. The summed E-state index contributed by atoms with van der Waals surface area (Å²) in [7, 11) is -2.63. The minimum Gasteiger partial charge on any atom is -0.465 e. The Balaban J connectivity index is 1.81. The summed E-state index contributed by atoms with van der Waals surface area (Å²) in [4.78, 5) is 28.3. The highest BCUT2D eigenvalue weighted by Gasteiger charge is 2.27. The zero-order valence-corrected chi connectivity index (χ0v) is 18.1. The monoisotopic (exact) mass is 441 g/mol. The van der Waals surface area contributed by atoms with Gasteiger partial charge in [-0.3, -0.25) is 9.78 Å². The molecule has 0 saturated carbocycles. The number of carbonyl (C=O) groups excluding carboxylic acids is 2. The predicted molar refractivity (Wildman–Crippen MR) is 117 cm³/mol. The average Bonchev–Trinajstić information content (AvgIpc) is 2.78. The van der Waals surface area contributed by atoms with Crippen LogP contribution in [0.2, 0.25) is 0 Å². The molecule has 3 aromatic rings. The minimum atomic E-state index is -3.91. The molecule has 31 heavy (non-hydrogen) atoms. The van der Waals surface area contributed by atoms with E-state index in [-0.39, 0.29) is 18.0 Å². The Labute approximate surface area is 180 Å². The van der Waals surface area contributed by atoms with E-state index in [0.29, 0.717) is 28.4 Å². The summed E-state index contributed by atoms with van der Waals surface area (Å²) in [5, 5.41) is 3.93. The van der Waals surface area contributed by atoms with Crippen molar-refractivity contribution in [2.45, 2.75) is 18.2 Å². The SMILES string of the molecule is CCCN(CC(=O)Nc1ccc(C(=O)OC)cc1)S(=O)(=O)c1cccc2cnccc12. The van der Waals surface area contributed by atoms with E-state index in [0.717, 1.165) is 0 Å². The van der Waals surface area contributed by atoms with E-state index in [4.69, 9.17) is 0 Å². The molecule has 1 heterocycles.